The van der Waals surface area contributed by atoms with Gasteiger partial charge in [0.2, 0.25) is 0 Å². The summed E-state index contributed by atoms with van der Waals surface area (Å²) >= 11 is 0. The van der Waals surface area contributed by atoms with Crippen LogP contribution >= 0.6 is 0 Å². The predicted molar refractivity (Wildman–Crippen MR) is 59.7 cm³/mol. The van der Waals surface area contributed by atoms with Crippen LogP contribution in [0.4, 0.5) is 0 Å². The molecule has 1 atom stereocenters. The number of carboxylic acid groups (broad SMARTS) is 1. The van der Waals surface area contributed by atoms with E-state index in [1.54, 1.807) is 18.2 Å². The van der Waals surface area contributed by atoms with Crippen molar-refractivity contribution in [2.24, 2.45) is 0 Å². The first-order valence-corrected chi connectivity index (χ1v) is 5.00. The molecule has 0 aliphatic rings. The van der Waals surface area contributed by atoms with E-state index in [0.717, 1.165) is 0 Å². The van der Waals surface area contributed by atoms with E-state index in [1.165, 1.54) is 20.1 Å². The molecule has 2 N–H and O–H groups in total. The number of hydrogen-bond acceptors (Lipinski definition) is 4. The Morgan fingerprint density at radius 3 is 2.59 bits per heavy atom. The molecule has 0 fully saturated rings. The first-order valence-electron chi connectivity index (χ1n) is 5.00. The quantitative estimate of drug-likeness (QED) is 0.760. The summed E-state index contributed by atoms with van der Waals surface area (Å²) in [6.07, 6.45) is -0.0762. The number of benzene rings is 1. The van der Waals surface area contributed by atoms with Crippen LogP contribution in [0, 0.1) is 0 Å². The first kappa shape index (κ1) is 13.2. The number of ether oxygens (including phenoxy) is 1. The maximum absolute atomic E-state index is 11.3. The Morgan fingerprint density at radius 2 is 2.06 bits per heavy atom. The van der Waals surface area contributed by atoms with Crippen LogP contribution in [-0.2, 0) is 16.0 Å². The molecular formula is C12H14O5. The van der Waals surface area contributed by atoms with Gasteiger partial charge < -0.3 is 14.9 Å². The second-order valence-electron chi connectivity index (χ2n) is 3.95. The van der Waals surface area contributed by atoms with Gasteiger partial charge in [0.25, 0.3) is 0 Å². The molecule has 0 saturated carbocycles. The molecule has 17 heavy (non-hydrogen) atoms. The van der Waals surface area contributed by atoms with Gasteiger partial charge in [0, 0.05) is 6.42 Å². The summed E-state index contributed by atoms with van der Waals surface area (Å²) in [4.78, 5) is 22.0. The van der Waals surface area contributed by atoms with Crippen LogP contribution < -0.4 is 0 Å². The zero-order valence-corrected chi connectivity index (χ0v) is 9.64. The van der Waals surface area contributed by atoms with Gasteiger partial charge in [0.15, 0.2) is 5.60 Å². The molecule has 0 aliphatic carbocycles. The summed E-state index contributed by atoms with van der Waals surface area (Å²) in [5.41, 5.74) is -0.971. The molecule has 0 heterocycles. The molecule has 92 valence electrons. The molecule has 1 unspecified atom stereocenters. The Labute approximate surface area is 98.6 Å². The SMILES string of the molecule is COC(=O)c1cccc(CC(C)(O)C(=O)O)c1. The number of carbonyl (C=O) groups excluding carboxylic acids is 1. The van der Waals surface area contributed by atoms with Crippen LogP contribution in [-0.4, -0.2) is 34.9 Å². The van der Waals surface area contributed by atoms with Crippen molar-refractivity contribution in [1.82, 2.24) is 0 Å². The number of methoxy groups -OCH3 is 1. The lowest BCUT2D eigenvalue weighted by atomic mass is 9.96. The first-order chi connectivity index (χ1) is 7.86. The second kappa shape index (κ2) is 4.97. The van der Waals surface area contributed by atoms with Crippen molar-refractivity contribution >= 4 is 11.9 Å². The summed E-state index contributed by atoms with van der Waals surface area (Å²) in [7, 11) is 1.27. The van der Waals surface area contributed by atoms with Gasteiger partial charge in [0.1, 0.15) is 0 Å². The average Bonchev–Trinajstić information content (AvgIpc) is 2.27. The Morgan fingerprint density at radius 1 is 1.41 bits per heavy atom. The second-order valence-corrected chi connectivity index (χ2v) is 3.95. The summed E-state index contributed by atoms with van der Waals surface area (Å²) in [5.74, 6) is -1.80. The van der Waals surface area contributed by atoms with Gasteiger partial charge in [-0.2, -0.15) is 0 Å². The fourth-order valence-corrected chi connectivity index (χ4v) is 1.40. The highest BCUT2D eigenvalue weighted by Gasteiger charge is 2.30. The van der Waals surface area contributed by atoms with E-state index in [-0.39, 0.29) is 6.42 Å². The number of hydrogen-bond donors (Lipinski definition) is 2. The number of carboxylic acids is 1. The summed E-state index contributed by atoms with van der Waals surface area (Å²) < 4.78 is 4.55. The van der Waals surface area contributed by atoms with Gasteiger partial charge in [-0.25, -0.2) is 9.59 Å². The molecule has 5 heteroatoms. The maximum atomic E-state index is 11.3. The minimum Gasteiger partial charge on any atom is -0.479 e. The Hall–Kier alpha value is -1.88. The van der Waals surface area contributed by atoms with E-state index in [4.69, 9.17) is 5.11 Å². The van der Waals surface area contributed by atoms with E-state index in [2.05, 4.69) is 4.74 Å². The van der Waals surface area contributed by atoms with E-state index in [0.29, 0.717) is 11.1 Å². The zero-order valence-electron chi connectivity index (χ0n) is 9.64. The summed E-state index contributed by atoms with van der Waals surface area (Å²) in [6.45, 7) is 1.21. The number of aliphatic hydroxyl groups is 1. The van der Waals surface area contributed by atoms with Gasteiger partial charge in [-0.3, -0.25) is 0 Å². The van der Waals surface area contributed by atoms with E-state index >= 15 is 0 Å². The van der Waals surface area contributed by atoms with Crippen molar-refractivity contribution in [2.75, 3.05) is 7.11 Å². The molecule has 1 aromatic carbocycles. The maximum Gasteiger partial charge on any atom is 0.337 e. The van der Waals surface area contributed by atoms with Crippen molar-refractivity contribution in [3.8, 4) is 0 Å². The largest absolute Gasteiger partial charge is 0.479 e. The molecular weight excluding hydrogens is 224 g/mol. The van der Waals surface area contributed by atoms with Crippen molar-refractivity contribution in [3.63, 3.8) is 0 Å². The third-order valence-electron chi connectivity index (χ3n) is 2.36. The highest BCUT2D eigenvalue weighted by Crippen LogP contribution is 2.15. The monoisotopic (exact) mass is 238 g/mol. The van der Waals surface area contributed by atoms with Crippen molar-refractivity contribution in [1.29, 1.82) is 0 Å². The highest BCUT2D eigenvalue weighted by atomic mass is 16.5. The lowest BCUT2D eigenvalue weighted by Gasteiger charge is -2.17. The zero-order chi connectivity index (χ0) is 13.1. The number of rotatable bonds is 4. The predicted octanol–water partition coefficient (Wildman–Crippen LogP) is 0.851. The molecule has 0 aliphatic heterocycles. The molecule has 0 aromatic heterocycles. The Bertz CT molecular complexity index is 436. The standard InChI is InChI=1S/C12H14O5/c1-12(16,11(14)15)7-8-4-3-5-9(6-8)10(13)17-2/h3-6,16H,7H2,1-2H3,(H,14,15). The molecule has 5 nitrogen and oxygen atoms in total. The molecule has 0 amide bonds. The minimum absolute atomic E-state index is 0.0762. The van der Waals surface area contributed by atoms with E-state index in [9.17, 15) is 14.7 Å². The van der Waals surface area contributed by atoms with Crippen molar-refractivity contribution in [2.45, 2.75) is 18.9 Å². The van der Waals surface area contributed by atoms with Crippen LogP contribution in [0.5, 0.6) is 0 Å². The van der Waals surface area contributed by atoms with E-state index < -0.39 is 17.5 Å². The van der Waals surface area contributed by atoms with Gasteiger partial charge in [-0.05, 0) is 24.6 Å². The van der Waals surface area contributed by atoms with Crippen molar-refractivity contribution in [3.05, 3.63) is 35.4 Å². The number of aliphatic carboxylic acids is 1. The van der Waals surface area contributed by atoms with Crippen LogP contribution in [0.3, 0.4) is 0 Å². The summed E-state index contributed by atoms with van der Waals surface area (Å²) in [6, 6.07) is 6.32. The third-order valence-corrected chi connectivity index (χ3v) is 2.36. The molecule has 0 radical (unpaired) electrons. The Balaban J connectivity index is 2.93. The normalized spacial score (nSPS) is 13.8. The lowest BCUT2D eigenvalue weighted by Crippen LogP contribution is -2.37. The molecule has 1 rings (SSSR count). The smallest absolute Gasteiger partial charge is 0.337 e. The van der Waals surface area contributed by atoms with Gasteiger partial charge in [-0.15, -0.1) is 0 Å². The van der Waals surface area contributed by atoms with E-state index in [1.807, 2.05) is 0 Å². The topological polar surface area (TPSA) is 83.8 Å². The van der Waals surface area contributed by atoms with Crippen molar-refractivity contribution < 1.29 is 24.5 Å². The van der Waals surface area contributed by atoms with Gasteiger partial charge in [-0.1, -0.05) is 12.1 Å². The average molecular weight is 238 g/mol. The summed E-state index contributed by atoms with van der Waals surface area (Å²) in [5, 5.41) is 18.4. The lowest BCUT2D eigenvalue weighted by molar-refractivity contribution is -0.156. The van der Waals surface area contributed by atoms with Gasteiger partial charge >= 0.3 is 11.9 Å². The molecule has 0 bridgehead atoms. The fourth-order valence-electron chi connectivity index (χ4n) is 1.40. The van der Waals surface area contributed by atoms with Crippen LogP contribution in [0.25, 0.3) is 0 Å². The molecule has 1 aromatic rings. The highest BCUT2D eigenvalue weighted by molar-refractivity contribution is 5.89. The van der Waals surface area contributed by atoms with Crippen LogP contribution in [0.1, 0.15) is 22.8 Å². The van der Waals surface area contributed by atoms with Gasteiger partial charge in [0.05, 0.1) is 12.7 Å². The van der Waals surface area contributed by atoms with Crippen LogP contribution in [0.15, 0.2) is 24.3 Å². The molecule has 0 saturated heterocycles. The number of esters is 1. The number of carbonyl (C=O) groups is 2. The molecule has 0 spiro atoms. The third kappa shape index (κ3) is 3.29. The fraction of sp³-hybridized carbons (Fsp3) is 0.333. The van der Waals surface area contributed by atoms with Crippen LogP contribution in [0.2, 0.25) is 0 Å². The minimum atomic E-state index is -1.85. The Kier molecular flexibility index (Phi) is 3.85.